The third-order valence-electron chi connectivity index (χ3n) is 4.01. The number of rotatable bonds is 1. The van der Waals surface area contributed by atoms with Gasteiger partial charge in [0.1, 0.15) is 6.04 Å². The van der Waals surface area contributed by atoms with Gasteiger partial charge in [0.2, 0.25) is 11.8 Å². The molecular weight excluding hydrogens is 272 g/mol. The molecule has 6 nitrogen and oxygen atoms in total. The second-order valence-electron chi connectivity index (χ2n) is 5.40. The van der Waals surface area contributed by atoms with E-state index >= 15 is 0 Å². The summed E-state index contributed by atoms with van der Waals surface area (Å²) in [6, 6.07) is 2.66. The van der Waals surface area contributed by atoms with Gasteiger partial charge in [-0.05, 0) is 31.4 Å². The Labute approximate surface area is 121 Å². The molecule has 21 heavy (non-hydrogen) atoms. The summed E-state index contributed by atoms with van der Waals surface area (Å²) in [6.07, 6.45) is 0.302. The lowest BCUT2D eigenvalue weighted by atomic mass is 9.99. The summed E-state index contributed by atoms with van der Waals surface area (Å²) in [6.45, 7) is 3.52. The first-order valence-electron chi connectivity index (χ1n) is 6.73. The molecule has 0 aliphatic carbocycles. The van der Waals surface area contributed by atoms with Crippen LogP contribution in [0.4, 0.5) is 0 Å². The van der Waals surface area contributed by atoms with Gasteiger partial charge >= 0.3 is 0 Å². The number of fused-ring (bicyclic) bond motifs is 1. The van der Waals surface area contributed by atoms with Crippen LogP contribution in [0.2, 0.25) is 0 Å². The van der Waals surface area contributed by atoms with Crippen LogP contribution >= 0.6 is 0 Å². The topological polar surface area (TPSA) is 83.6 Å². The molecule has 1 fully saturated rings. The standard InChI is InChI=1S/C15H14N2O4/c1-7-3-4-8(2)12-11(7)14(20)17(15(12)21)9-5-6-10(18)16-13(9)19/h3-4,9H,5-6H2,1-2H3,(H,16,18,19). The van der Waals surface area contributed by atoms with E-state index in [1.165, 1.54) is 0 Å². The van der Waals surface area contributed by atoms with Gasteiger partial charge in [0.15, 0.2) is 0 Å². The molecule has 0 spiro atoms. The predicted molar refractivity (Wildman–Crippen MR) is 72.6 cm³/mol. The van der Waals surface area contributed by atoms with Crippen LogP contribution in [0.25, 0.3) is 0 Å². The molecule has 0 saturated carbocycles. The predicted octanol–water partition coefficient (Wildman–Crippen LogP) is 0.705. The number of amides is 4. The normalized spacial score (nSPS) is 21.6. The van der Waals surface area contributed by atoms with E-state index < -0.39 is 23.8 Å². The Kier molecular flexibility index (Phi) is 2.90. The smallest absolute Gasteiger partial charge is 0.262 e. The molecule has 6 heteroatoms. The second-order valence-corrected chi connectivity index (χ2v) is 5.40. The summed E-state index contributed by atoms with van der Waals surface area (Å²) in [5.41, 5.74) is 2.15. The lowest BCUT2D eigenvalue weighted by molar-refractivity contribution is -0.136. The molecule has 108 valence electrons. The summed E-state index contributed by atoms with van der Waals surface area (Å²) in [4.78, 5) is 49.2. The van der Waals surface area contributed by atoms with Gasteiger partial charge in [0.05, 0.1) is 11.1 Å². The van der Waals surface area contributed by atoms with Crippen LogP contribution < -0.4 is 5.32 Å². The number of hydrogen-bond acceptors (Lipinski definition) is 4. The molecule has 2 heterocycles. The fourth-order valence-corrected chi connectivity index (χ4v) is 2.91. The summed E-state index contributed by atoms with van der Waals surface area (Å²) < 4.78 is 0. The third kappa shape index (κ3) is 1.86. The Morgan fingerprint density at radius 3 is 2.00 bits per heavy atom. The molecule has 4 amide bonds. The molecule has 1 atom stereocenters. The number of aryl methyl sites for hydroxylation is 2. The van der Waals surface area contributed by atoms with E-state index in [-0.39, 0.29) is 18.7 Å². The molecule has 1 unspecified atom stereocenters. The average Bonchev–Trinajstić information content (AvgIpc) is 2.68. The van der Waals surface area contributed by atoms with Crippen LogP contribution in [0.5, 0.6) is 0 Å². The van der Waals surface area contributed by atoms with Crippen LogP contribution in [0, 0.1) is 13.8 Å². The number of benzene rings is 1. The van der Waals surface area contributed by atoms with E-state index in [4.69, 9.17) is 0 Å². The summed E-state index contributed by atoms with van der Waals surface area (Å²) >= 11 is 0. The van der Waals surface area contributed by atoms with E-state index in [1.807, 2.05) is 0 Å². The molecule has 1 saturated heterocycles. The Hall–Kier alpha value is -2.50. The molecule has 2 aliphatic heterocycles. The van der Waals surface area contributed by atoms with Crippen molar-refractivity contribution in [2.75, 3.05) is 0 Å². The molecule has 1 aromatic rings. The van der Waals surface area contributed by atoms with Crippen molar-refractivity contribution in [3.63, 3.8) is 0 Å². The van der Waals surface area contributed by atoms with Gasteiger partial charge in [-0.2, -0.15) is 0 Å². The maximum absolute atomic E-state index is 12.5. The highest BCUT2D eigenvalue weighted by Gasteiger charge is 2.45. The lowest BCUT2D eigenvalue weighted by Crippen LogP contribution is -2.54. The first-order chi connectivity index (χ1) is 9.91. The van der Waals surface area contributed by atoms with E-state index in [2.05, 4.69) is 5.32 Å². The zero-order chi connectivity index (χ0) is 15.3. The molecule has 3 rings (SSSR count). The van der Waals surface area contributed by atoms with Gasteiger partial charge in [-0.3, -0.25) is 29.4 Å². The lowest BCUT2D eigenvalue weighted by Gasteiger charge is -2.27. The van der Waals surface area contributed by atoms with Gasteiger partial charge in [-0.1, -0.05) is 12.1 Å². The van der Waals surface area contributed by atoms with Crippen molar-refractivity contribution in [2.45, 2.75) is 32.7 Å². The zero-order valence-corrected chi connectivity index (χ0v) is 11.7. The number of hydrogen-bond donors (Lipinski definition) is 1. The second kappa shape index (κ2) is 4.51. The number of piperidine rings is 1. The maximum atomic E-state index is 12.5. The van der Waals surface area contributed by atoms with Gasteiger partial charge in [-0.15, -0.1) is 0 Å². The van der Waals surface area contributed by atoms with Gasteiger partial charge < -0.3 is 0 Å². The van der Waals surface area contributed by atoms with Crippen molar-refractivity contribution >= 4 is 23.6 Å². The summed E-state index contributed by atoms with van der Waals surface area (Å²) in [5, 5.41) is 2.18. The Morgan fingerprint density at radius 2 is 1.52 bits per heavy atom. The quantitative estimate of drug-likeness (QED) is 0.770. The minimum atomic E-state index is -0.908. The molecule has 0 bridgehead atoms. The van der Waals surface area contributed by atoms with E-state index in [1.54, 1.807) is 26.0 Å². The number of carbonyl (C=O) groups is 4. The van der Waals surface area contributed by atoms with E-state index in [9.17, 15) is 19.2 Å². The van der Waals surface area contributed by atoms with Crippen LogP contribution in [-0.2, 0) is 9.59 Å². The molecular formula is C15H14N2O4. The first kappa shape index (κ1) is 13.5. The van der Waals surface area contributed by atoms with Crippen molar-refractivity contribution in [3.05, 3.63) is 34.4 Å². The van der Waals surface area contributed by atoms with Crippen LogP contribution in [0.1, 0.15) is 44.7 Å². The van der Waals surface area contributed by atoms with E-state index in [0.29, 0.717) is 22.3 Å². The third-order valence-corrected chi connectivity index (χ3v) is 4.01. The summed E-state index contributed by atoms with van der Waals surface area (Å²) in [5.74, 6) is -1.87. The highest BCUT2D eigenvalue weighted by atomic mass is 16.2. The first-order valence-corrected chi connectivity index (χ1v) is 6.73. The number of imide groups is 2. The molecule has 0 aromatic heterocycles. The highest BCUT2D eigenvalue weighted by Crippen LogP contribution is 2.31. The molecule has 0 radical (unpaired) electrons. The van der Waals surface area contributed by atoms with Gasteiger partial charge in [-0.25, -0.2) is 0 Å². The van der Waals surface area contributed by atoms with Crippen LogP contribution in [-0.4, -0.2) is 34.6 Å². The Balaban J connectivity index is 2.05. The van der Waals surface area contributed by atoms with Crippen LogP contribution in [0.3, 0.4) is 0 Å². The van der Waals surface area contributed by atoms with Crippen molar-refractivity contribution in [1.82, 2.24) is 10.2 Å². The SMILES string of the molecule is Cc1ccc(C)c2c1C(=O)N(C1CCC(=O)NC1=O)C2=O. The monoisotopic (exact) mass is 286 g/mol. The fourth-order valence-electron chi connectivity index (χ4n) is 2.91. The molecule has 2 aliphatic rings. The Morgan fingerprint density at radius 1 is 1.00 bits per heavy atom. The Bertz CT molecular complexity index is 667. The van der Waals surface area contributed by atoms with Crippen LogP contribution in [0.15, 0.2) is 12.1 Å². The van der Waals surface area contributed by atoms with Crippen molar-refractivity contribution in [3.8, 4) is 0 Å². The van der Waals surface area contributed by atoms with Gasteiger partial charge in [0, 0.05) is 6.42 Å². The number of nitrogens with one attached hydrogen (secondary N) is 1. The average molecular weight is 286 g/mol. The van der Waals surface area contributed by atoms with Gasteiger partial charge in [0.25, 0.3) is 11.8 Å². The minimum Gasteiger partial charge on any atom is -0.295 e. The van der Waals surface area contributed by atoms with Crippen molar-refractivity contribution in [2.24, 2.45) is 0 Å². The number of carbonyl (C=O) groups excluding carboxylic acids is 4. The highest BCUT2D eigenvalue weighted by molar-refractivity contribution is 6.24. The van der Waals surface area contributed by atoms with E-state index in [0.717, 1.165) is 4.90 Å². The zero-order valence-electron chi connectivity index (χ0n) is 11.7. The summed E-state index contributed by atoms with van der Waals surface area (Å²) in [7, 11) is 0. The fraction of sp³-hybridized carbons (Fsp3) is 0.333. The molecule has 1 aromatic carbocycles. The largest absolute Gasteiger partial charge is 0.295 e. The minimum absolute atomic E-state index is 0.127. The maximum Gasteiger partial charge on any atom is 0.262 e. The molecule has 1 N–H and O–H groups in total. The van der Waals surface area contributed by atoms with Crippen molar-refractivity contribution < 1.29 is 19.2 Å². The van der Waals surface area contributed by atoms with Crippen molar-refractivity contribution in [1.29, 1.82) is 0 Å². The number of nitrogens with zero attached hydrogens (tertiary/aromatic N) is 1.